The number of rotatable bonds is 11. The van der Waals surface area contributed by atoms with E-state index in [1.54, 1.807) is 0 Å². The van der Waals surface area contributed by atoms with Gasteiger partial charge in [0.15, 0.2) is 0 Å². The highest BCUT2D eigenvalue weighted by molar-refractivity contribution is 9.10. The standard InChI is InChI=1S/C17H27BrClN/c1-2-3-4-5-6-7-8-9-10-11-12-15-13-14-20-17(18)16(15)19/h13-14H,2-12H2,1H3. The molecule has 1 heterocycles. The molecular formula is C17H27BrClN. The predicted octanol–water partition coefficient (Wildman–Crippen LogP) is 6.96. The first-order chi connectivity index (χ1) is 9.75. The minimum absolute atomic E-state index is 0.767. The summed E-state index contributed by atoms with van der Waals surface area (Å²) in [6.07, 6.45) is 16.6. The van der Waals surface area contributed by atoms with Crippen molar-refractivity contribution >= 4 is 27.5 Å². The van der Waals surface area contributed by atoms with Gasteiger partial charge >= 0.3 is 0 Å². The van der Waals surface area contributed by atoms with Crippen molar-refractivity contribution in [1.82, 2.24) is 4.98 Å². The normalized spacial score (nSPS) is 10.9. The van der Waals surface area contributed by atoms with Crippen molar-refractivity contribution in [2.75, 3.05) is 0 Å². The van der Waals surface area contributed by atoms with Gasteiger partial charge in [0.05, 0.1) is 5.02 Å². The van der Waals surface area contributed by atoms with Crippen LogP contribution in [0.15, 0.2) is 16.9 Å². The van der Waals surface area contributed by atoms with Crippen LogP contribution < -0.4 is 0 Å². The molecule has 0 bridgehead atoms. The van der Waals surface area contributed by atoms with Gasteiger partial charge in [-0.05, 0) is 40.4 Å². The lowest BCUT2D eigenvalue weighted by molar-refractivity contribution is 0.556. The molecule has 0 aliphatic rings. The van der Waals surface area contributed by atoms with E-state index in [0.29, 0.717) is 0 Å². The van der Waals surface area contributed by atoms with Gasteiger partial charge in [0, 0.05) is 6.20 Å². The van der Waals surface area contributed by atoms with E-state index in [-0.39, 0.29) is 0 Å². The fourth-order valence-electron chi connectivity index (χ4n) is 2.45. The van der Waals surface area contributed by atoms with E-state index < -0.39 is 0 Å². The Balaban J connectivity index is 1.98. The van der Waals surface area contributed by atoms with Crippen LogP contribution in [0.5, 0.6) is 0 Å². The van der Waals surface area contributed by atoms with Gasteiger partial charge in [0.2, 0.25) is 0 Å². The van der Waals surface area contributed by atoms with Gasteiger partial charge in [0.1, 0.15) is 4.60 Å². The van der Waals surface area contributed by atoms with Crippen molar-refractivity contribution in [1.29, 1.82) is 0 Å². The first-order valence-corrected chi connectivity index (χ1v) is 9.21. The average molecular weight is 361 g/mol. The summed E-state index contributed by atoms with van der Waals surface area (Å²) in [4.78, 5) is 4.12. The monoisotopic (exact) mass is 359 g/mol. The Labute approximate surface area is 137 Å². The van der Waals surface area contributed by atoms with E-state index in [1.807, 2.05) is 12.3 Å². The Morgan fingerprint density at radius 3 is 2.10 bits per heavy atom. The molecule has 0 saturated heterocycles. The SMILES string of the molecule is CCCCCCCCCCCCc1ccnc(Br)c1Cl. The van der Waals surface area contributed by atoms with Crippen LogP contribution in [-0.4, -0.2) is 4.98 Å². The van der Waals surface area contributed by atoms with E-state index in [0.717, 1.165) is 16.0 Å². The van der Waals surface area contributed by atoms with Crippen LogP contribution in [0.3, 0.4) is 0 Å². The fraction of sp³-hybridized carbons (Fsp3) is 0.706. The fourth-order valence-corrected chi connectivity index (χ4v) is 3.03. The maximum Gasteiger partial charge on any atom is 0.124 e. The van der Waals surface area contributed by atoms with Crippen LogP contribution in [0.2, 0.25) is 5.02 Å². The molecule has 0 amide bonds. The average Bonchev–Trinajstić information content (AvgIpc) is 2.45. The van der Waals surface area contributed by atoms with Crippen LogP contribution in [0.4, 0.5) is 0 Å². The lowest BCUT2D eigenvalue weighted by atomic mass is 10.0. The molecule has 0 aliphatic carbocycles. The van der Waals surface area contributed by atoms with Gasteiger partial charge in [0.25, 0.3) is 0 Å². The second-order valence-electron chi connectivity index (χ2n) is 5.51. The molecule has 1 aromatic heterocycles. The van der Waals surface area contributed by atoms with E-state index >= 15 is 0 Å². The summed E-state index contributed by atoms with van der Waals surface area (Å²) >= 11 is 9.58. The quantitative estimate of drug-likeness (QED) is 0.307. The van der Waals surface area contributed by atoms with Crippen LogP contribution in [0.25, 0.3) is 0 Å². The van der Waals surface area contributed by atoms with Crippen molar-refractivity contribution in [2.24, 2.45) is 0 Å². The zero-order valence-corrected chi connectivity index (χ0v) is 15.0. The summed E-state index contributed by atoms with van der Waals surface area (Å²) in [5, 5.41) is 0.781. The maximum absolute atomic E-state index is 6.21. The van der Waals surface area contributed by atoms with Crippen molar-refractivity contribution in [3.05, 3.63) is 27.5 Å². The van der Waals surface area contributed by atoms with Gasteiger partial charge in [-0.15, -0.1) is 0 Å². The zero-order valence-electron chi connectivity index (χ0n) is 12.6. The number of aromatic nitrogens is 1. The van der Waals surface area contributed by atoms with Crippen LogP contribution in [0.1, 0.15) is 76.7 Å². The molecule has 1 nitrogen and oxygen atoms in total. The number of aryl methyl sites for hydroxylation is 1. The third-order valence-corrected chi connectivity index (χ3v) is 4.98. The summed E-state index contributed by atoms with van der Waals surface area (Å²) in [6.45, 7) is 2.27. The van der Waals surface area contributed by atoms with E-state index in [1.165, 1.54) is 69.8 Å². The topological polar surface area (TPSA) is 12.9 Å². The molecule has 0 saturated carbocycles. The van der Waals surface area contributed by atoms with Gasteiger partial charge in [-0.3, -0.25) is 0 Å². The first-order valence-electron chi connectivity index (χ1n) is 8.04. The molecule has 0 unspecified atom stereocenters. The van der Waals surface area contributed by atoms with E-state index in [9.17, 15) is 0 Å². The Hall–Kier alpha value is -0.0800. The molecular weight excluding hydrogens is 334 g/mol. The lowest BCUT2D eigenvalue weighted by Gasteiger charge is -2.05. The highest BCUT2D eigenvalue weighted by Crippen LogP contribution is 2.25. The van der Waals surface area contributed by atoms with Gasteiger partial charge in [-0.2, -0.15) is 0 Å². The molecule has 0 atom stereocenters. The lowest BCUT2D eigenvalue weighted by Crippen LogP contribution is -1.90. The molecule has 0 spiro atoms. The minimum atomic E-state index is 0.767. The van der Waals surface area contributed by atoms with Crippen molar-refractivity contribution in [2.45, 2.75) is 77.6 Å². The zero-order chi connectivity index (χ0) is 14.6. The summed E-state index contributed by atoms with van der Waals surface area (Å²) in [7, 11) is 0. The number of hydrogen-bond acceptors (Lipinski definition) is 1. The smallest absolute Gasteiger partial charge is 0.124 e. The van der Waals surface area contributed by atoms with Crippen LogP contribution in [0, 0.1) is 0 Å². The maximum atomic E-state index is 6.21. The first kappa shape index (κ1) is 18.0. The minimum Gasteiger partial charge on any atom is -0.248 e. The highest BCUT2D eigenvalue weighted by Gasteiger charge is 2.04. The van der Waals surface area contributed by atoms with Gasteiger partial charge < -0.3 is 0 Å². The Morgan fingerprint density at radius 2 is 1.50 bits per heavy atom. The number of unbranched alkanes of at least 4 members (excludes halogenated alkanes) is 9. The van der Waals surface area contributed by atoms with Crippen molar-refractivity contribution < 1.29 is 0 Å². The third-order valence-electron chi connectivity index (χ3n) is 3.73. The molecule has 0 fully saturated rings. The molecule has 1 rings (SSSR count). The number of halogens is 2. The van der Waals surface area contributed by atoms with Crippen molar-refractivity contribution in [3.8, 4) is 0 Å². The molecule has 0 aromatic carbocycles. The Morgan fingerprint density at radius 1 is 0.950 bits per heavy atom. The second kappa shape index (κ2) is 11.6. The van der Waals surface area contributed by atoms with Gasteiger partial charge in [-0.25, -0.2) is 4.98 Å². The van der Waals surface area contributed by atoms with Crippen LogP contribution in [-0.2, 0) is 6.42 Å². The summed E-state index contributed by atoms with van der Waals surface area (Å²) in [6, 6.07) is 2.03. The number of nitrogens with zero attached hydrogens (tertiary/aromatic N) is 1. The Bertz CT molecular complexity index is 368. The largest absolute Gasteiger partial charge is 0.248 e. The summed E-state index contributed by atoms with van der Waals surface area (Å²) in [5.41, 5.74) is 1.22. The van der Waals surface area contributed by atoms with Crippen LogP contribution >= 0.6 is 27.5 Å². The molecule has 1 aromatic rings. The molecule has 3 heteroatoms. The molecule has 0 radical (unpaired) electrons. The third kappa shape index (κ3) is 7.64. The molecule has 114 valence electrons. The predicted molar refractivity (Wildman–Crippen MR) is 92.5 cm³/mol. The summed E-state index contributed by atoms with van der Waals surface area (Å²) in [5.74, 6) is 0. The molecule has 0 aliphatic heterocycles. The van der Waals surface area contributed by atoms with E-state index in [2.05, 4.69) is 27.8 Å². The van der Waals surface area contributed by atoms with Crippen molar-refractivity contribution in [3.63, 3.8) is 0 Å². The molecule has 20 heavy (non-hydrogen) atoms. The molecule has 0 N–H and O–H groups in total. The second-order valence-corrected chi connectivity index (χ2v) is 6.64. The van der Waals surface area contributed by atoms with E-state index in [4.69, 9.17) is 11.6 Å². The highest BCUT2D eigenvalue weighted by atomic mass is 79.9. The van der Waals surface area contributed by atoms with Gasteiger partial charge in [-0.1, -0.05) is 76.3 Å². The number of hydrogen-bond donors (Lipinski definition) is 0. The number of pyridine rings is 1. The Kier molecular flexibility index (Phi) is 10.4. The summed E-state index contributed by atoms with van der Waals surface area (Å²) < 4.78 is 0.767.